The average molecular weight is 363 g/mol. The van der Waals surface area contributed by atoms with Crippen LogP contribution < -0.4 is 15.4 Å². The highest BCUT2D eigenvalue weighted by atomic mass is 16.5. The molecule has 0 aliphatic rings. The fourth-order valence-electron chi connectivity index (χ4n) is 2.35. The number of carbonyl (C=O) groups excluding carboxylic acids is 1. The lowest BCUT2D eigenvalue weighted by molar-refractivity contribution is 0.102. The van der Waals surface area contributed by atoms with Gasteiger partial charge in [0.15, 0.2) is 0 Å². The van der Waals surface area contributed by atoms with Crippen LogP contribution in [0.3, 0.4) is 0 Å². The molecular weight excluding hydrogens is 342 g/mol. The topological polar surface area (TPSA) is 89.0 Å². The number of ether oxygens (including phenoxy) is 1. The van der Waals surface area contributed by atoms with Gasteiger partial charge in [-0.25, -0.2) is 9.97 Å². The Balaban J connectivity index is 1.61. The van der Waals surface area contributed by atoms with Crippen molar-refractivity contribution in [1.29, 1.82) is 0 Å². The number of rotatable bonds is 7. The zero-order valence-electron chi connectivity index (χ0n) is 15.2. The van der Waals surface area contributed by atoms with Crippen LogP contribution in [0.15, 0.2) is 61.1 Å². The van der Waals surface area contributed by atoms with E-state index >= 15 is 0 Å². The average Bonchev–Trinajstić information content (AvgIpc) is 2.68. The van der Waals surface area contributed by atoms with E-state index in [0.717, 1.165) is 11.4 Å². The van der Waals surface area contributed by atoms with Crippen LogP contribution in [-0.2, 0) is 6.54 Å². The van der Waals surface area contributed by atoms with Crippen molar-refractivity contribution >= 4 is 17.4 Å². The zero-order chi connectivity index (χ0) is 19.1. The van der Waals surface area contributed by atoms with E-state index in [2.05, 4.69) is 25.6 Å². The summed E-state index contributed by atoms with van der Waals surface area (Å²) in [6, 6.07) is 14.5. The molecule has 0 spiro atoms. The number of benzene rings is 1. The van der Waals surface area contributed by atoms with Crippen LogP contribution in [0, 0.1) is 0 Å². The number of anilines is 2. The molecule has 138 valence electrons. The lowest BCUT2D eigenvalue weighted by Crippen LogP contribution is -2.15. The Bertz CT molecular complexity index is 882. The van der Waals surface area contributed by atoms with Gasteiger partial charge in [-0.15, -0.1) is 0 Å². The van der Waals surface area contributed by atoms with Gasteiger partial charge in [0.25, 0.3) is 5.91 Å². The molecule has 0 saturated heterocycles. The maximum absolute atomic E-state index is 12.4. The van der Waals surface area contributed by atoms with E-state index in [9.17, 15) is 4.79 Å². The molecule has 0 aliphatic carbocycles. The molecule has 7 nitrogen and oxygen atoms in total. The highest BCUT2D eigenvalue weighted by Gasteiger charge is 2.10. The summed E-state index contributed by atoms with van der Waals surface area (Å²) < 4.78 is 5.59. The van der Waals surface area contributed by atoms with Gasteiger partial charge in [-0.05, 0) is 50.2 Å². The van der Waals surface area contributed by atoms with Crippen molar-refractivity contribution in [3.05, 3.63) is 72.4 Å². The second-order valence-electron chi connectivity index (χ2n) is 6.11. The summed E-state index contributed by atoms with van der Waals surface area (Å²) in [6.07, 6.45) is 3.19. The molecule has 1 aromatic carbocycles. The Labute approximate surface area is 157 Å². The van der Waals surface area contributed by atoms with Gasteiger partial charge in [0.2, 0.25) is 0 Å². The van der Waals surface area contributed by atoms with Crippen molar-refractivity contribution < 1.29 is 9.53 Å². The molecule has 0 atom stereocenters. The van der Waals surface area contributed by atoms with E-state index in [1.54, 1.807) is 24.4 Å². The number of nitrogens with zero attached hydrogens (tertiary/aromatic N) is 3. The van der Waals surface area contributed by atoms with Crippen LogP contribution in [0.1, 0.15) is 30.0 Å². The van der Waals surface area contributed by atoms with Crippen molar-refractivity contribution in [2.45, 2.75) is 26.5 Å². The van der Waals surface area contributed by atoms with Crippen molar-refractivity contribution in [3.63, 3.8) is 0 Å². The predicted molar refractivity (Wildman–Crippen MR) is 104 cm³/mol. The summed E-state index contributed by atoms with van der Waals surface area (Å²) in [6.45, 7) is 4.44. The van der Waals surface area contributed by atoms with Gasteiger partial charge in [-0.1, -0.05) is 6.07 Å². The van der Waals surface area contributed by atoms with E-state index in [4.69, 9.17) is 4.74 Å². The third-order valence-corrected chi connectivity index (χ3v) is 3.56. The Morgan fingerprint density at radius 1 is 1.07 bits per heavy atom. The number of aromatic nitrogens is 3. The first kappa shape index (κ1) is 18.3. The number of hydrogen-bond acceptors (Lipinski definition) is 6. The van der Waals surface area contributed by atoms with Crippen LogP contribution in [0.2, 0.25) is 0 Å². The molecule has 0 fully saturated rings. The van der Waals surface area contributed by atoms with Gasteiger partial charge in [-0.3, -0.25) is 9.78 Å². The zero-order valence-corrected chi connectivity index (χ0v) is 15.2. The molecule has 3 aromatic rings. The normalized spacial score (nSPS) is 10.5. The fraction of sp³-hybridized carbons (Fsp3) is 0.200. The molecule has 2 aromatic heterocycles. The molecule has 0 unspecified atom stereocenters. The molecule has 0 aliphatic heterocycles. The van der Waals surface area contributed by atoms with Gasteiger partial charge in [0, 0.05) is 18.0 Å². The first-order valence-electron chi connectivity index (χ1n) is 8.64. The monoisotopic (exact) mass is 363 g/mol. The maximum atomic E-state index is 12.4. The number of carbonyl (C=O) groups is 1. The first-order chi connectivity index (χ1) is 13.1. The first-order valence-corrected chi connectivity index (χ1v) is 8.64. The number of hydrogen-bond donors (Lipinski definition) is 2. The van der Waals surface area contributed by atoms with E-state index in [-0.39, 0.29) is 17.7 Å². The van der Waals surface area contributed by atoms with E-state index in [1.165, 1.54) is 6.33 Å². The van der Waals surface area contributed by atoms with Crippen LogP contribution in [-0.4, -0.2) is 27.0 Å². The maximum Gasteiger partial charge on any atom is 0.274 e. The fourth-order valence-corrected chi connectivity index (χ4v) is 2.35. The lowest BCUT2D eigenvalue weighted by Gasteiger charge is -2.11. The number of amides is 1. The SMILES string of the molecule is CC(C)Oc1ccc(NC(=O)c2cc(NCc3ccccn3)ncn2)cc1. The lowest BCUT2D eigenvalue weighted by atomic mass is 10.2. The second kappa shape index (κ2) is 8.75. The van der Waals surface area contributed by atoms with Crippen molar-refractivity contribution in [1.82, 2.24) is 15.0 Å². The highest BCUT2D eigenvalue weighted by molar-refractivity contribution is 6.03. The summed E-state index contributed by atoms with van der Waals surface area (Å²) in [5.74, 6) is 1.00. The van der Waals surface area contributed by atoms with Crippen molar-refractivity contribution in [2.75, 3.05) is 10.6 Å². The molecule has 0 saturated carbocycles. The summed E-state index contributed by atoms with van der Waals surface area (Å²) in [4.78, 5) is 24.8. The van der Waals surface area contributed by atoms with Crippen LogP contribution in [0.5, 0.6) is 5.75 Å². The molecule has 27 heavy (non-hydrogen) atoms. The Morgan fingerprint density at radius 3 is 2.59 bits per heavy atom. The molecule has 0 bridgehead atoms. The van der Waals surface area contributed by atoms with Gasteiger partial charge in [0.05, 0.1) is 18.3 Å². The Hall–Kier alpha value is -3.48. The van der Waals surface area contributed by atoms with Crippen LogP contribution in [0.4, 0.5) is 11.5 Å². The minimum Gasteiger partial charge on any atom is -0.491 e. The molecule has 2 N–H and O–H groups in total. The van der Waals surface area contributed by atoms with Gasteiger partial charge >= 0.3 is 0 Å². The summed E-state index contributed by atoms with van der Waals surface area (Å²) >= 11 is 0. The summed E-state index contributed by atoms with van der Waals surface area (Å²) in [5.41, 5.74) is 1.82. The molecule has 3 rings (SSSR count). The van der Waals surface area contributed by atoms with Crippen LogP contribution in [0.25, 0.3) is 0 Å². The molecule has 0 radical (unpaired) electrons. The highest BCUT2D eigenvalue weighted by Crippen LogP contribution is 2.17. The Morgan fingerprint density at radius 2 is 1.89 bits per heavy atom. The molecule has 1 amide bonds. The molecule has 2 heterocycles. The van der Waals surface area contributed by atoms with Gasteiger partial charge in [-0.2, -0.15) is 0 Å². The smallest absolute Gasteiger partial charge is 0.274 e. The largest absolute Gasteiger partial charge is 0.491 e. The quantitative estimate of drug-likeness (QED) is 0.668. The third-order valence-electron chi connectivity index (χ3n) is 3.56. The van der Waals surface area contributed by atoms with Crippen molar-refractivity contribution in [3.8, 4) is 5.75 Å². The van der Waals surface area contributed by atoms with E-state index in [0.29, 0.717) is 18.1 Å². The summed E-state index contributed by atoms with van der Waals surface area (Å²) in [5, 5.41) is 5.95. The Kier molecular flexibility index (Phi) is 5.94. The molecule has 7 heteroatoms. The number of nitrogens with one attached hydrogen (secondary N) is 2. The van der Waals surface area contributed by atoms with Gasteiger partial charge in [0.1, 0.15) is 23.6 Å². The minimum absolute atomic E-state index is 0.100. The predicted octanol–water partition coefficient (Wildman–Crippen LogP) is 3.52. The summed E-state index contributed by atoms with van der Waals surface area (Å²) in [7, 11) is 0. The van der Waals surface area contributed by atoms with Crippen LogP contribution >= 0.6 is 0 Å². The van der Waals surface area contributed by atoms with E-state index in [1.807, 2.05) is 44.2 Å². The van der Waals surface area contributed by atoms with E-state index < -0.39 is 0 Å². The van der Waals surface area contributed by atoms with Gasteiger partial charge < -0.3 is 15.4 Å². The minimum atomic E-state index is -0.309. The number of pyridine rings is 1. The van der Waals surface area contributed by atoms with Crippen molar-refractivity contribution in [2.24, 2.45) is 0 Å². The third kappa shape index (κ3) is 5.50. The second-order valence-corrected chi connectivity index (χ2v) is 6.11. The standard InChI is InChI=1S/C20H21N5O2/c1-14(2)27-17-8-6-15(7-9-17)25-20(26)18-11-19(24-13-23-18)22-12-16-5-3-4-10-21-16/h3-11,13-14H,12H2,1-2H3,(H,25,26)(H,22,23,24). The molecular formula is C20H21N5O2.